The van der Waals surface area contributed by atoms with Crippen molar-refractivity contribution in [3.05, 3.63) is 30.4 Å². The Kier molecular flexibility index (Phi) is 4.25. The van der Waals surface area contributed by atoms with Gasteiger partial charge in [-0.2, -0.15) is 0 Å². The van der Waals surface area contributed by atoms with E-state index in [2.05, 4.69) is 41.0 Å². The minimum Gasteiger partial charge on any atom is -0.333 e. The molecule has 0 bridgehead atoms. The predicted octanol–water partition coefficient (Wildman–Crippen LogP) is 3.56. The van der Waals surface area contributed by atoms with Crippen molar-refractivity contribution in [2.75, 3.05) is 6.54 Å². The van der Waals surface area contributed by atoms with Gasteiger partial charge in [-0.1, -0.05) is 18.6 Å². The molecular weight excluding hydrogens is 246 g/mol. The Morgan fingerprint density at radius 2 is 2.30 bits per heavy atom. The maximum absolute atomic E-state index is 4.20. The van der Waals surface area contributed by atoms with Gasteiger partial charge in [-0.3, -0.25) is 0 Å². The van der Waals surface area contributed by atoms with Crippen LogP contribution >= 0.6 is 0 Å². The Morgan fingerprint density at radius 3 is 3.05 bits per heavy atom. The van der Waals surface area contributed by atoms with Gasteiger partial charge in [0.05, 0.1) is 6.33 Å². The third-order valence-corrected chi connectivity index (χ3v) is 4.94. The summed E-state index contributed by atoms with van der Waals surface area (Å²) in [5, 5.41) is 3.85. The van der Waals surface area contributed by atoms with Crippen molar-refractivity contribution in [3.63, 3.8) is 0 Å². The molecule has 0 aliphatic heterocycles. The number of rotatable bonds is 4. The van der Waals surface area contributed by atoms with Gasteiger partial charge in [0, 0.05) is 24.5 Å². The Bertz CT molecular complexity index is 449. The first-order valence-electron chi connectivity index (χ1n) is 8.10. The van der Waals surface area contributed by atoms with Crippen LogP contribution in [0.15, 0.2) is 30.4 Å². The van der Waals surface area contributed by atoms with E-state index in [4.69, 9.17) is 0 Å². The van der Waals surface area contributed by atoms with Gasteiger partial charge in [-0.25, -0.2) is 4.98 Å². The number of hydrogen-bond acceptors (Lipinski definition) is 2. The van der Waals surface area contributed by atoms with Crippen LogP contribution in [-0.2, 0) is 0 Å². The zero-order chi connectivity index (χ0) is 13.9. The molecule has 0 radical (unpaired) electrons. The highest BCUT2D eigenvalue weighted by atomic mass is 15.1. The van der Waals surface area contributed by atoms with E-state index in [0.717, 1.165) is 11.8 Å². The summed E-state index contributed by atoms with van der Waals surface area (Å²) in [7, 11) is 0. The van der Waals surface area contributed by atoms with Crippen molar-refractivity contribution < 1.29 is 0 Å². The summed E-state index contributed by atoms with van der Waals surface area (Å²) in [5.41, 5.74) is 1.58. The highest BCUT2D eigenvalue weighted by Gasteiger charge is 2.29. The Balaban J connectivity index is 1.54. The lowest BCUT2D eigenvalue weighted by Crippen LogP contribution is -2.37. The second-order valence-corrected chi connectivity index (χ2v) is 6.82. The van der Waals surface area contributed by atoms with E-state index < -0.39 is 0 Å². The number of nitrogens with one attached hydrogen (secondary N) is 1. The van der Waals surface area contributed by atoms with Crippen LogP contribution in [0, 0.1) is 11.8 Å². The van der Waals surface area contributed by atoms with Crippen LogP contribution in [0.4, 0.5) is 0 Å². The highest BCUT2D eigenvalue weighted by molar-refractivity contribution is 5.06. The molecule has 3 nitrogen and oxygen atoms in total. The topological polar surface area (TPSA) is 29.9 Å². The lowest BCUT2D eigenvalue weighted by Gasteiger charge is -2.29. The lowest BCUT2D eigenvalue weighted by molar-refractivity contribution is 0.327. The van der Waals surface area contributed by atoms with Crippen LogP contribution in [0.25, 0.3) is 0 Å². The number of aromatic nitrogens is 2. The molecule has 4 atom stereocenters. The highest BCUT2D eigenvalue weighted by Crippen LogP contribution is 2.31. The summed E-state index contributed by atoms with van der Waals surface area (Å²) in [4.78, 5) is 4.20. The summed E-state index contributed by atoms with van der Waals surface area (Å²) < 4.78 is 2.29. The maximum atomic E-state index is 4.20. The van der Waals surface area contributed by atoms with Crippen LogP contribution in [0.3, 0.4) is 0 Å². The SMILES string of the molecule is CC1=CC(C)CC(CNC2CCCC2n2ccnc2)C1. The van der Waals surface area contributed by atoms with Crippen molar-refractivity contribution in [2.45, 2.75) is 58.0 Å². The minimum absolute atomic E-state index is 0.607. The lowest BCUT2D eigenvalue weighted by atomic mass is 9.83. The van der Waals surface area contributed by atoms with E-state index in [1.807, 2.05) is 12.5 Å². The minimum atomic E-state index is 0.607. The largest absolute Gasteiger partial charge is 0.333 e. The molecule has 0 spiro atoms. The molecule has 3 heteroatoms. The van der Waals surface area contributed by atoms with Gasteiger partial charge in [0.15, 0.2) is 0 Å². The molecule has 20 heavy (non-hydrogen) atoms. The molecule has 3 rings (SSSR count). The molecule has 1 aromatic rings. The van der Waals surface area contributed by atoms with E-state index in [-0.39, 0.29) is 0 Å². The van der Waals surface area contributed by atoms with Gasteiger partial charge in [0.25, 0.3) is 0 Å². The molecule has 1 heterocycles. The third kappa shape index (κ3) is 3.14. The van der Waals surface area contributed by atoms with Gasteiger partial charge in [0.1, 0.15) is 0 Å². The average Bonchev–Trinajstić information content (AvgIpc) is 3.06. The first-order valence-corrected chi connectivity index (χ1v) is 8.10. The molecule has 2 aliphatic carbocycles. The molecule has 1 fully saturated rings. The molecule has 1 saturated carbocycles. The summed E-state index contributed by atoms with van der Waals surface area (Å²) >= 11 is 0. The average molecular weight is 273 g/mol. The third-order valence-electron chi connectivity index (χ3n) is 4.94. The predicted molar refractivity (Wildman–Crippen MR) is 82.6 cm³/mol. The molecule has 1 N–H and O–H groups in total. The van der Waals surface area contributed by atoms with Gasteiger partial charge >= 0.3 is 0 Å². The first kappa shape index (κ1) is 13.9. The van der Waals surface area contributed by atoms with E-state index in [1.165, 1.54) is 38.6 Å². The van der Waals surface area contributed by atoms with Crippen LogP contribution < -0.4 is 5.32 Å². The number of hydrogen-bond donors (Lipinski definition) is 1. The van der Waals surface area contributed by atoms with Crippen molar-refractivity contribution in [1.29, 1.82) is 0 Å². The fourth-order valence-electron chi connectivity index (χ4n) is 4.16. The summed E-state index contributed by atoms with van der Waals surface area (Å²) in [6.45, 7) is 5.80. The Morgan fingerprint density at radius 1 is 1.40 bits per heavy atom. The van der Waals surface area contributed by atoms with Crippen molar-refractivity contribution in [1.82, 2.24) is 14.9 Å². The zero-order valence-corrected chi connectivity index (χ0v) is 12.8. The molecule has 4 unspecified atom stereocenters. The monoisotopic (exact) mass is 273 g/mol. The summed E-state index contributed by atoms with van der Waals surface area (Å²) in [6.07, 6.45) is 15.0. The summed E-state index contributed by atoms with van der Waals surface area (Å²) in [6, 6.07) is 1.24. The van der Waals surface area contributed by atoms with Crippen molar-refractivity contribution in [3.8, 4) is 0 Å². The molecule has 2 aliphatic rings. The Hall–Kier alpha value is -1.09. The van der Waals surface area contributed by atoms with E-state index in [1.54, 1.807) is 5.57 Å². The fourth-order valence-corrected chi connectivity index (χ4v) is 4.16. The van der Waals surface area contributed by atoms with E-state index in [0.29, 0.717) is 12.1 Å². The second-order valence-electron chi connectivity index (χ2n) is 6.82. The number of imidazole rings is 1. The molecular formula is C17H27N3. The number of allylic oxidation sites excluding steroid dienone is 2. The van der Waals surface area contributed by atoms with Gasteiger partial charge in [-0.15, -0.1) is 0 Å². The quantitative estimate of drug-likeness (QED) is 0.850. The smallest absolute Gasteiger partial charge is 0.0949 e. The van der Waals surface area contributed by atoms with Crippen molar-refractivity contribution >= 4 is 0 Å². The maximum Gasteiger partial charge on any atom is 0.0949 e. The van der Waals surface area contributed by atoms with Crippen LogP contribution in [0.5, 0.6) is 0 Å². The Labute approximate surface area is 122 Å². The molecule has 110 valence electrons. The van der Waals surface area contributed by atoms with Gasteiger partial charge in [-0.05, 0) is 57.4 Å². The summed E-state index contributed by atoms with van der Waals surface area (Å²) in [5.74, 6) is 1.57. The molecule has 1 aromatic heterocycles. The molecule has 0 amide bonds. The van der Waals surface area contributed by atoms with Crippen LogP contribution in [0.2, 0.25) is 0 Å². The first-order chi connectivity index (χ1) is 9.72. The number of nitrogens with zero attached hydrogens (tertiary/aromatic N) is 2. The molecule has 0 saturated heterocycles. The van der Waals surface area contributed by atoms with E-state index in [9.17, 15) is 0 Å². The zero-order valence-electron chi connectivity index (χ0n) is 12.8. The van der Waals surface area contributed by atoms with Gasteiger partial charge in [0.2, 0.25) is 0 Å². The van der Waals surface area contributed by atoms with Crippen LogP contribution in [0.1, 0.15) is 52.0 Å². The van der Waals surface area contributed by atoms with E-state index >= 15 is 0 Å². The molecule has 0 aromatic carbocycles. The van der Waals surface area contributed by atoms with Gasteiger partial charge < -0.3 is 9.88 Å². The van der Waals surface area contributed by atoms with Crippen LogP contribution in [-0.4, -0.2) is 22.1 Å². The normalized spacial score (nSPS) is 34.2. The standard InChI is InChI=1S/C17H27N3/c1-13-8-14(2)10-15(9-13)11-19-16-4-3-5-17(16)20-7-6-18-12-20/h6-8,12-13,15-17,19H,3-5,9-11H2,1-2H3. The second kappa shape index (κ2) is 6.13. The fraction of sp³-hybridized carbons (Fsp3) is 0.706. The van der Waals surface area contributed by atoms with Crippen molar-refractivity contribution in [2.24, 2.45) is 11.8 Å².